The molecule has 1 unspecified atom stereocenters. The first-order valence-electron chi connectivity index (χ1n) is 5.16. The van der Waals surface area contributed by atoms with Gasteiger partial charge in [-0.3, -0.25) is 0 Å². The zero-order valence-corrected chi connectivity index (χ0v) is 10.7. The summed E-state index contributed by atoms with van der Waals surface area (Å²) < 4.78 is 3.63. The number of halogens is 1. The van der Waals surface area contributed by atoms with Gasteiger partial charge < -0.3 is 22.1 Å². The maximum atomic E-state index is 9.77. The van der Waals surface area contributed by atoms with Crippen LogP contribution in [0.1, 0.15) is 38.8 Å². The fourth-order valence-electron chi connectivity index (χ4n) is 1.40. The van der Waals surface area contributed by atoms with E-state index >= 15 is 0 Å². The molecule has 1 rings (SSSR count). The molecule has 1 aromatic rings. The fourth-order valence-corrected chi connectivity index (χ4v) is 1.40. The molecular weight excluding hydrogens is 256 g/mol. The molecule has 0 aromatic carbocycles. The number of aromatic nitrogens is 2. The highest BCUT2D eigenvalue weighted by Crippen LogP contribution is 2.06. The third-order valence-corrected chi connectivity index (χ3v) is 2.30. The van der Waals surface area contributed by atoms with Crippen molar-refractivity contribution in [3.8, 4) is 0 Å². The Morgan fingerprint density at radius 2 is 2.27 bits per heavy atom. The van der Waals surface area contributed by atoms with Gasteiger partial charge >= 0.3 is 0 Å². The molecule has 0 aliphatic rings. The third kappa shape index (κ3) is 4.62. The Morgan fingerprint density at radius 3 is 2.80 bits per heavy atom. The van der Waals surface area contributed by atoms with Crippen LogP contribution >= 0.6 is 0 Å². The molecule has 0 saturated carbocycles. The van der Waals surface area contributed by atoms with Crippen molar-refractivity contribution in [2.45, 2.75) is 38.8 Å². The van der Waals surface area contributed by atoms with Crippen molar-refractivity contribution < 1.29 is 26.7 Å². The number of hydrogen-bond acceptors (Lipinski definition) is 1. The summed E-state index contributed by atoms with van der Waals surface area (Å²) in [5, 5.41) is 9.77. The monoisotopic (exact) mass is 274 g/mol. The Balaban J connectivity index is 0.00000196. The maximum Gasteiger partial charge on any atom is 0.250 e. The first kappa shape index (κ1) is 14.4. The minimum atomic E-state index is -0.400. The SMILES string of the molecule is C=Cn1cc[n+](C(O)CCCCC)c1.[Br-]. The zero-order chi connectivity index (χ0) is 10.4. The van der Waals surface area contributed by atoms with E-state index in [0.29, 0.717) is 0 Å². The average Bonchev–Trinajstić information content (AvgIpc) is 2.66. The molecule has 3 nitrogen and oxygen atoms in total. The Labute approximate surface area is 102 Å². The molecule has 0 radical (unpaired) electrons. The molecule has 15 heavy (non-hydrogen) atoms. The second kappa shape index (κ2) is 7.65. The van der Waals surface area contributed by atoms with Gasteiger partial charge in [-0.15, -0.1) is 0 Å². The number of aliphatic hydroxyl groups excluding tert-OH is 1. The predicted molar refractivity (Wildman–Crippen MR) is 56.4 cm³/mol. The molecule has 1 atom stereocenters. The van der Waals surface area contributed by atoms with E-state index in [1.54, 1.807) is 10.8 Å². The van der Waals surface area contributed by atoms with Crippen molar-refractivity contribution >= 4 is 6.20 Å². The standard InChI is InChI=1S/C11H19N2O.BrH/c1-3-5-6-7-11(14)13-9-8-12(4-2)10-13;/h4,8-11,14H,2-3,5-7H2,1H3;1H/q+1;/p-1. The van der Waals surface area contributed by atoms with Gasteiger partial charge in [0.15, 0.2) is 6.23 Å². The molecule has 0 saturated heterocycles. The van der Waals surface area contributed by atoms with Gasteiger partial charge in [0.05, 0.1) is 6.20 Å². The molecule has 0 fully saturated rings. The Morgan fingerprint density at radius 1 is 1.53 bits per heavy atom. The highest BCUT2D eigenvalue weighted by molar-refractivity contribution is 5.13. The molecular formula is C11H19BrN2O. The van der Waals surface area contributed by atoms with Crippen LogP contribution < -0.4 is 21.5 Å². The quantitative estimate of drug-likeness (QED) is 0.521. The minimum Gasteiger partial charge on any atom is -1.00 e. The molecule has 0 aliphatic heterocycles. The van der Waals surface area contributed by atoms with Crippen molar-refractivity contribution in [1.29, 1.82) is 0 Å². The van der Waals surface area contributed by atoms with Crippen LogP contribution in [0.5, 0.6) is 0 Å². The molecule has 1 heterocycles. The van der Waals surface area contributed by atoms with Gasteiger partial charge in [0, 0.05) is 6.42 Å². The summed E-state index contributed by atoms with van der Waals surface area (Å²) in [6.07, 6.45) is 11.1. The van der Waals surface area contributed by atoms with Crippen LogP contribution in [0.25, 0.3) is 6.20 Å². The van der Waals surface area contributed by atoms with Gasteiger partial charge in [0.2, 0.25) is 0 Å². The van der Waals surface area contributed by atoms with Crippen molar-refractivity contribution in [3.05, 3.63) is 25.3 Å². The number of aliphatic hydroxyl groups is 1. The highest BCUT2D eigenvalue weighted by Gasteiger charge is 2.11. The molecule has 0 spiro atoms. The molecule has 1 N–H and O–H groups in total. The van der Waals surface area contributed by atoms with Crippen molar-refractivity contribution in [2.75, 3.05) is 0 Å². The molecule has 0 aliphatic carbocycles. The van der Waals surface area contributed by atoms with Gasteiger partial charge in [-0.1, -0.05) is 26.3 Å². The van der Waals surface area contributed by atoms with E-state index in [-0.39, 0.29) is 17.0 Å². The molecule has 0 bridgehead atoms. The second-order valence-electron chi connectivity index (χ2n) is 3.47. The lowest BCUT2D eigenvalue weighted by Gasteiger charge is -2.05. The normalized spacial score (nSPS) is 11.9. The van der Waals surface area contributed by atoms with E-state index in [1.165, 1.54) is 12.8 Å². The number of unbranched alkanes of at least 4 members (excludes halogenated alkanes) is 2. The summed E-state index contributed by atoms with van der Waals surface area (Å²) >= 11 is 0. The predicted octanol–water partition coefficient (Wildman–Crippen LogP) is -1.05. The fraction of sp³-hybridized carbons (Fsp3) is 0.545. The van der Waals surface area contributed by atoms with Crippen molar-refractivity contribution in [1.82, 2.24) is 4.57 Å². The van der Waals surface area contributed by atoms with Crippen molar-refractivity contribution in [2.24, 2.45) is 0 Å². The summed E-state index contributed by atoms with van der Waals surface area (Å²) in [5.41, 5.74) is 0. The molecule has 86 valence electrons. The lowest BCUT2D eigenvalue weighted by atomic mass is 10.2. The maximum absolute atomic E-state index is 9.77. The summed E-state index contributed by atoms with van der Waals surface area (Å²) in [7, 11) is 0. The van der Waals surface area contributed by atoms with Gasteiger partial charge in [-0.25, -0.2) is 9.13 Å². The minimum absolute atomic E-state index is 0. The number of hydrogen-bond donors (Lipinski definition) is 1. The first-order chi connectivity index (χ1) is 6.77. The largest absolute Gasteiger partial charge is 1.00 e. The van der Waals surface area contributed by atoms with Crippen LogP contribution in [-0.2, 0) is 0 Å². The van der Waals surface area contributed by atoms with E-state index in [4.69, 9.17) is 0 Å². The highest BCUT2D eigenvalue weighted by atomic mass is 79.9. The summed E-state index contributed by atoms with van der Waals surface area (Å²) in [6.45, 7) is 5.81. The average molecular weight is 275 g/mol. The Kier molecular flexibility index (Phi) is 7.34. The van der Waals surface area contributed by atoms with Gasteiger partial charge in [-0.2, -0.15) is 0 Å². The van der Waals surface area contributed by atoms with Crippen LogP contribution in [-0.4, -0.2) is 9.67 Å². The van der Waals surface area contributed by atoms with Gasteiger partial charge in [0.25, 0.3) is 6.33 Å². The third-order valence-electron chi connectivity index (χ3n) is 2.30. The van der Waals surface area contributed by atoms with Crippen LogP contribution in [0, 0.1) is 0 Å². The summed E-state index contributed by atoms with van der Waals surface area (Å²) in [4.78, 5) is 0. The molecule has 0 amide bonds. The molecule has 1 aromatic heterocycles. The number of imidazole rings is 1. The zero-order valence-electron chi connectivity index (χ0n) is 9.14. The first-order valence-corrected chi connectivity index (χ1v) is 5.16. The second-order valence-corrected chi connectivity index (χ2v) is 3.47. The lowest BCUT2D eigenvalue weighted by Crippen LogP contribution is -3.00. The Bertz CT molecular complexity index is 286. The van der Waals surface area contributed by atoms with Crippen LogP contribution in [0.4, 0.5) is 0 Å². The van der Waals surface area contributed by atoms with Gasteiger partial charge in [0.1, 0.15) is 12.4 Å². The topological polar surface area (TPSA) is 29.0 Å². The van der Waals surface area contributed by atoms with E-state index in [0.717, 1.165) is 12.8 Å². The Hall–Kier alpha value is -0.610. The summed E-state index contributed by atoms with van der Waals surface area (Å²) in [5.74, 6) is 0. The van der Waals surface area contributed by atoms with E-state index in [1.807, 2.05) is 23.3 Å². The van der Waals surface area contributed by atoms with Crippen LogP contribution in [0.3, 0.4) is 0 Å². The number of nitrogens with zero attached hydrogens (tertiary/aromatic N) is 2. The smallest absolute Gasteiger partial charge is 0.250 e. The van der Waals surface area contributed by atoms with Crippen LogP contribution in [0.15, 0.2) is 25.3 Å². The van der Waals surface area contributed by atoms with E-state index < -0.39 is 6.23 Å². The van der Waals surface area contributed by atoms with Gasteiger partial charge in [-0.05, 0) is 6.42 Å². The molecule has 4 heteroatoms. The lowest BCUT2D eigenvalue weighted by molar-refractivity contribution is -0.759. The van der Waals surface area contributed by atoms with Crippen molar-refractivity contribution in [3.63, 3.8) is 0 Å². The summed E-state index contributed by atoms with van der Waals surface area (Å²) in [6, 6.07) is 0. The van der Waals surface area contributed by atoms with E-state index in [9.17, 15) is 5.11 Å². The van der Waals surface area contributed by atoms with Crippen LogP contribution in [0.2, 0.25) is 0 Å². The van der Waals surface area contributed by atoms with E-state index in [2.05, 4.69) is 13.5 Å². The number of rotatable bonds is 6.